The molecule has 8 heteroatoms. The van der Waals surface area contributed by atoms with Crippen LogP contribution in [0.2, 0.25) is 0 Å². The molecule has 0 radical (unpaired) electrons. The van der Waals surface area contributed by atoms with Crippen molar-refractivity contribution in [3.8, 4) is 11.5 Å². The molecule has 1 atom stereocenters. The fourth-order valence-corrected chi connectivity index (χ4v) is 3.02. The lowest BCUT2D eigenvalue weighted by Gasteiger charge is -2.35. The van der Waals surface area contributed by atoms with Crippen LogP contribution in [-0.2, 0) is 4.79 Å². The maximum atomic E-state index is 13.3. The molecule has 28 heavy (non-hydrogen) atoms. The summed E-state index contributed by atoms with van der Waals surface area (Å²) in [5.41, 5.74) is 1.25. The number of nitrogens with one attached hydrogen (secondary N) is 1. The summed E-state index contributed by atoms with van der Waals surface area (Å²) in [7, 11) is 5.18. The van der Waals surface area contributed by atoms with Gasteiger partial charge < -0.3 is 25.0 Å². The molecule has 2 aromatic carbocycles. The Balaban J connectivity index is 1.73. The lowest BCUT2D eigenvalue weighted by molar-refractivity contribution is -0.116. The topological polar surface area (TPSA) is 82.1 Å². The van der Waals surface area contributed by atoms with E-state index in [9.17, 15) is 19.1 Å². The Morgan fingerprint density at radius 2 is 2.04 bits per heavy atom. The van der Waals surface area contributed by atoms with Crippen molar-refractivity contribution in [2.45, 2.75) is 12.5 Å². The summed E-state index contributed by atoms with van der Waals surface area (Å²) in [6.07, 6.45) is 0.0672. The Bertz CT molecular complexity index is 916. The Morgan fingerprint density at radius 1 is 1.29 bits per heavy atom. The summed E-state index contributed by atoms with van der Waals surface area (Å²) < 4.78 is 19.1. The second-order valence-electron chi connectivity index (χ2n) is 6.87. The highest BCUT2D eigenvalue weighted by Crippen LogP contribution is 2.35. The molecule has 2 N–H and O–H groups in total. The number of benzene rings is 2. The van der Waals surface area contributed by atoms with Crippen LogP contribution in [-0.4, -0.2) is 55.6 Å². The number of ether oxygens (including phenoxy) is 1. The third-order valence-corrected chi connectivity index (χ3v) is 4.62. The van der Waals surface area contributed by atoms with Crippen LogP contribution in [0.3, 0.4) is 0 Å². The van der Waals surface area contributed by atoms with Crippen LogP contribution in [0.25, 0.3) is 0 Å². The van der Waals surface area contributed by atoms with Gasteiger partial charge >= 0.3 is 0 Å². The molecular formula is C20H22FN3O4. The molecule has 0 aromatic heterocycles. The van der Waals surface area contributed by atoms with Gasteiger partial charge in [0.25, 0.3) is 5.91 Å². The minimum atomic E-state index is -0.557. The van der Waals surface area contributed by atoms with Crippen molar-refractivity contribution < 1.29 is 23.8 Å². The van der Waals surface area contributed by atoms with Crippen LogP contribution >= 0.6 is 0 Å². The number of amides is 2. The van der Waals surface area contributed by atoms with Gasteiger partial charge in [-0.2, -0.15) is 0 Å². The number of anilines is 2. The van der Waals surface area contributed by atoms with Crippen LogP contribution < -0.4 is 15.0 Å². The van der Waals surface area contributed by atoms with Crippen LogP contribution in [0.1, 0.15) is 16.8 Å². The Labute approximate surface area is 162 Å². The number of carbonyl (C=O) groups is 2. The molecule has 0 spiro atoms. The maximum absolute atomic E-state index is 13.3. The van der Waals surface area contributed by atoms with Crippen molar-refractivity contribution in [2.75, 3.05) is 38.0 Å². The number of nitrogens with zero attached hydrogens (tertiary/aromatic N) is 2. The third kappa shape index (κ3) is 4.00. The van der Waals surface area contributed by atoms with Crippen molar-refractivity contribution in [2.24, 2.45) is 0 Å². The average molecular weight is 387 g/mol. The first kappa shape index (κ1) is 19.5. The number of carbonyl (C=O) groups excluding carboxylic acids is 2. The SMILES string of the molecule is CN(C)C(=O)c1ccc2c(c1)N(C)C(CC(=O)Nc1cc(F)ccc1O)CO2. The molecule has 3 rings (SSSR count). The van der Waals surface area contributed by atoms with Crippen LogP contribution in [0.4, 0.5) is 15.8 Å². The normalized spacial score (nSPS) is 15.4. The number of aromatic hydroxyl groups is 1. The molecule has 0 saturated heterocycles. The highest BCUT2D eigenvalue weighted by molar-refractivity contribution is 5.96. The molecule has 0 saturated carbocycles. The minimum Gasteiger partial charge on any atom is -0.506 e. The van der Waals surface area contributed by atoms with Crippen molar-refractivity contribution in [1.29, 1.82) is 0 Å². The Morgan fingerprint density at radius 3 is 2.75 bits per heavy atom. The van der Waals surface area contributed by atoms with E-state index in [1.54, 1.807) is 32.3 Å². The highest BCUT2D eigenvalue weighted by atomic mass is 19.1. The third-order valence-electron chi connectivity index (χ3n) is 4.62. The van der Waals surface area contributed by atoms with E-state index >= 15 is 0 Å². The molecule has 148 valence electrons. The van der Waals surface area contributed by atoms with E-state index in [4.69, 9.17) is 4.74 Å². The van der Waals surface area contributed by atoms with Crippen molar-refractivity contribution in [3.05, 3.63) is 47.8 Å². The van der Waals surface area contributed by atoms with Crippen molar-refractivity contribution in [1.82, 2.24) is 4.90 Å². The van der Waals surface area contributed by atoms with Crippen LogP contribution in [0, 0.1) is 5.82 Å². The number of likely N-dealkylation sites (N-methyl/N-ethyl adjacent to an activating group) is 1. The van der Waals surface area contributed by atoms with E-state index in [1.807, 2.05) is 11.9 Å². The first-order valence-electron chi connectivity index (χ1n) is 8.76. The average Bonchev–Trinajstić information content (AvgIpc) is 2.66. The molecule has 7 nitrogen and oxygen atoms in total. The number of phenolic OH excluding ortho intramolecular Hbond substituents is 1. The smallest absolute Gasteiger partial charge is 0.253 e. The number of phenols is 1. The zero-order valence-electron chi connectivity index (χ0n) is 15.9. The monoisotopic (exact) mass is 387 g/mol. The van der Waals surface area contributed by atoms with Gasteiger partial charge in [-0.05, 0) is 30.3 Å². The number of fused-ring (bicyclic) bond motifs is 1. The minimum absolute atomic E-state index is 0.0173. The summed E-state index contributed by atoms with van der Waals surface area (Å²) in [5.74, 6) is -0.640. The first-order valence-corrected chi connectivity index (χ1v) is 8.76. The van der Waals surface area contributed by atoms with E-state index in [0.717, 1.165) is 12.1 Å². The highest BCUT2D eigenvalue weighted by Gasteiger charge is 2.28. The Kier molecular flexibility index (Phi) is 5.39. The zero-order valence-corrected chi connectivity index (χ0v) is 15.9. The number of hydrogen-bond acceptors (Lipinski definition) is 5. The van der Waals surface area contributed by atoms with Gasteiger partial charge in [-0.3, -0.25) is 9.59 Å². The summed E-state index contributed by atoms with van der Waals surface area (Å²) in [4.78, 5) is 28.0. The fourth-order valence-electron chi connectivity index (χ4n) is 3.02. The summed E-state index contributed by atoms with van der Waals surface area (Å²) in [6, 6.07) is 8.24. The van der Waals surface area contributed by atoms with Crippen molar-refractivity contribution >= 4 is 23.2 Å². The van der Waals surface area contributed by atoms with Crippen LogP contribution in [0.5, 0.6) is 11.5 Å². The van der Waals surface area contributed by atoms with Gasteiger partial charge in [-0.25, -0.2) is 4.39 Å². The predicted octanol–water partition coefficient (Wildman–Crippen LogP) is 2.46. The lowest BCUT2D eigenvalue weighted by Crippen LogP contribution is -2.42. The zero-order chi connectivity index (χ0) is 20.4. The van der Waals surface area contributed by atoms with Crippen LogP contribution in [0.15, 0.2) is 36.4 Å². The standard InChI is InChI=1S/C20H22FN3O4/c1-23(2)20(27)12-4-7-18-16(8-12)24(3)14(11-28-18)10-19(26)22-15-9-13(21)5-6-17(15)25/h4-9,14,25H,10-11H2,1-3H3,(H,22,26). The van der Waals surface area contributed by atoms with Crippen molar-refractivity contribution in [3.63, 3.8) is 0 Å². The molecule has 0 fully saturated rings. The molecule has 2 aromatic rings. The molecule has 0 aliphatic carbocycles. The number of halogens is 1. The lowest BCUT2D eigenvalue weighted by atomic mass is 10.1. The van der Waals surface area contributed by atoms with Gasteiger partial charge in [0.15, 0.2) is 0 Å². The second-order valence-corrected chi connectivity index (χ2v) is 6.87. The summed E-state index contributed by atoms with van der Waals surface area (Å²) in [5, 5.41) is 12.3. The molecular weight excluding hydrogens is 365 g/mol. The van der Waals surface area contributed by atoms with E-state index in [-0.39, 0.29) is 42.3 Å². The number of rotatable bonds is 4. The predicted molar refractivity (Wildman–Crippen MR) is 103 cm³/mol. The fraction of sp³-hybridized carbons (Fsp3) is 0.300. The van der Waals surface area contributed by atoms with Gasteiger partial charge in [0.1, 0.15) is 23.9 Å². The number of hydrogen-bond donors (Lipinski definition) is 2. The largest absolute Gasteiger partial charge is 0.506 e. The summed E-state index contributed by atoms with van der Waals surface area (Å²) in [6.45, 7) is 0.285. The molecule has 1 unspecified atom stereocenters. The van der Waals surface area contributed by atoms with Gasteiger partial charge in [-0.1, -0.05) is 0 Å². The van der Waals surface area contributed by atoms with E-state index in [0.29, 0.717) is 17.0 Å². The van der Waals surface area contributed by atoms with E-state index < -0.39 is 5.82 Å². The molecule has 1 aliphatic heterocycles. The van der Waals surface area contributed by atoms with Gasteiger partial charge in [0.05, 0.1) is 23.8 Å². The van der Waals surface area contributed by atoms with Gasteiger partial charge in [-0.15, -0.1) is 0 Å². The molecule has 0 bridgehead atoms. The maximum Gasteiger partial charge on any atom is 0.253 e. The van der Waals surface area contributed by atoms with E-state index in [2.05, 4.69) is 5.32 Å². The first-order chi connectivity index (χ1) is 13.3. The molecule has 1 heterocycles. The van der Waals surface area contributed by atoms with Gasteiger partial charge in [0.2, 0.25) is 5.91 Å². The Hall–Kier alpha value is -3.29. The second kappa shape index (κ2) is 7.75. The summed E-state index contributed by atoms with van der Waals surface area (Å²) >= 11 is 0. The van der Waals surface area contributed by atoms with E-state index in [1.165, 1.54) is 11.0 Å². The molecule has 2 amide bonds. The quantitative estimate of drug-likeness (QED) is 0.788. The van der Waals surface area contributed by atoms with Gasteiger partial charge in [0, 0.05) is 32.8 Å². The molecule has 1 aliphatic rings.